The summed E-state index contributed by atoms with van der Waals surface area (Å²) >= 11 is 5.98. The Kier molecular flexibility index (Phi) is 6.64. The van der Waals surface area contributed by atoms with Crippen LogP contribution in [0.3, 0.4) is 0 Å². The zero-order valence-electron chi connectivity index (χ0n) is 9.83. The van der Waals surface area contributed by atoms with Gasteiger partial charge in [-0.15, -0.1) is 0 Å². The van der Waals surface area contributed by atoms with Crippen LogP contribution in [0.25, 0.3) is 0 Å². The second kappa shape index (κ2) is 6.89. The molecule has 0 aliphatic carbocycles. The Morgan fingerprint density at radius 1 is 1.38 bits per heavy atom. The Hall–Kier alpha value is -0.580. The number of hydrogen-bond donors (Lipinski definition) is 1. The summed E-state index contributed by atoms with van der Waals surface area (Å²) in [4.78, 5) is 0. The van der Waals surface area contributed by atoms with Crippen LogP contribution in [-0.2, 0) is 10.0 Å². The first kappa shape index (κ1) is 15.4. The first-order valence-electron chi connectivity index (χ1n) is 4.99. The first-order chi connectivity index (χ1) is 7.30. The molecule has 0 saturated carbocycles. The molecule has 0 spiro atoms. The Morgan fingerprint density at radius 2 is 1.94 bits per heavy atom. The largest absolute Gasteiger partial charge is 0.228 e. The van der Waals surface area contributed by atoms with Gasteiger partial charge in [-0.2, -0.15) is 0 Å². The van der Waals surface area contributed by atoms with Gasteiger partial charge < -0.3 is 0 Å². The molecule has 0 heterocycles. The fraction of sp³-hybridized carbons (Fsp3) is 0.455. The van der Waals surface area contributed by atoms with Crippen molar-refractivity contribution in [2.75, 3.05) is 5.75 Å². The van der Waals surface area contributed by atoms with Crippen LogP contribution in [0.2, 0.25) is 0 Å². The molecule has 3 nitrogen and oxygen atoms in total. The molecular formula is C11H18ClNO2S. The molecule has 0 aromatic rings. The molecule has 2 N–H and O–H groups in total. The maximum atomic E-state index is 10.9. The van der Waals surface area contributed by atoms with Crippen LogP contribution < -0.4 is 5.14 Å². The van der Waals surface area contributed by atoms with E-state index in [0.717, 1.165) is 6.42 Å². The van der Waals surface area contributed by atoms with Crippen molar-refractivity contribution in [1.82, 2.24) is 0 Å². The van der Waals surface area contributed by atoms with Crippen molar-refractivity contribution in [3.05, 3.63) is 34.4 Å². The average molecular weight is 264 g/mol. The average Bonchev–Trinajstić information content (AvgIpc) is 2.20. The molecule has 0 amide bonds. The van der Waals surface area contributed by atoms with Gasteiger partial charge in [0.15, 0.2) is 0 Å². The van der Waals surface area contributed by atoms with E-state index >= 15 is 0 Å². The molecule has 0 aromatic heterocycles. The number of hydrogen-bond acceptors (Lipinski definition) is 2. The van der Waals surface area contributed by atoms with Gasteiger partial charge in [0.05, 0.1) is 5.75 Å². The van der Waals surface area contributed by atoms with Crippen molar-refractivity contribution in [3.63, 3.8) is 0 Å². The Bertz CT molecular complexity index is 419. The van der Waals surface area contributed by atoms with Crippen molar-refractivity contribution < 1.29 is 8.42 Å². The molecule has 0 bridgehead atoms. The van der Waals surface area contributed by atoms with Crippen LogP contribution in [0.4, 0.5) is 0 Å². The zero-order valence-corrected chi connectivity index (χ0v) is 11.4. The van der Waals surface area contributed by atoms with E-state index in [-0.39, 0.29) is 5.75 Å². The second-order valence-electron chi connectivity index (χ2n) is 3.50. The lowest BCUT2D eigenvalue weighted by Gasteiger charge is -2.03. The van der Waals surface area contributed by atoms with Crippen molar-refractivity contribution in [2.45, 2.75) is 27.2 Å². The van der Waals surface area contributed by atoms with Crippen LogP contribution in [0.1, 0.15) is 27.2 Å². The predicted octanol–water partition coefficient (Wildman–Crippen LogP) is 2.70. The molecule has 16 heavy (non-hydrogen) atoms. The summed E-state index contributed by atoms with van der Waals surface area (Å²) in [7, 11) is -3.54. The predicted molar refractivity (Wildman–Crippen MR) is 69.7 cm³/mol. The highest BCUT2D eigenvalue weighted by Gasteiger charge is 2.09. The zero-order chi connectivity index (χ0) is 12.8. The quantitative estimate of drug-likeness (QED) is 0.776. The molecule has 0 radical (unpaired) electrons. The van der Waals surface area contributed by atoms with Gasteiger partial charge in [-0.1, -0.05) is 36.2 Å². The van der Waals surface area contributed by atoms with Crippen LogP contribution in [0.5, 0.6) is 0 Å². The van der Waals surface area contributed by atoms with Gasteiger partial charge >= 0.3 is 0 Å². The molecule has 0 aliphatic heterocycles. The third-order valence-electron chi connectivity index (χ3n) is 2.08. The minimum atomic E-state index is -3.54. The smallest absolute Gasteiger partial charge is 0.213 e. The van der Waals surface area contributed by atoms with Crippen LogP contribution in [-0.4, -0.2) is 14.2 Å². The summed E-state index contributed by atoms with van der Waals surface area (Å²) in [5, 5.41) is 5.37. The van der Waals surface area contributed by atoms with Gasteiger partial charge in [0.1, 0.15) is 0 Å². The molecule has 0 unspecified atom stereocenters. The SMILES string of the molecule is C\C=C(CS(N)(=O)=O)/C(Cl)=C\C=C(/C)CC. The number of primary sulfonamides is 1. The number of sulfonamides is 1. The van der Waals surface area contributed by atoms with Crippen molar-refractivity contribution in [1.29, 1.82) is 0 Å². The minimum absolute atomic E-state index is 0.238. The lowest BCUT2D eigenvalue weighted by Crippen LogP contribution is -2.18. The molecule has 0 atom stereocenters. The van der Waals surface area contributed by atoms with Crippen LogP contribution in [0, 0.1) is 0 Å². The van der Waals surface area contributed by atoms with Gasteiger partial charge in [0, 0.05) is 5.03 Å². The van der Waals surface area contributed by atoms with E-state index in [1.807, 2.05) is 19.9 Å². The van der Waals surface area contributed by atoms with Crippen molar-refractivity contribution in [2.24, 2.45) is 5.14 Å². The summed E-state index contributed by atoms with van der Waals surface area (Å²) in [6.45, 7) is 5.75. The summed E-state index contributed by atoms with van der Waals surface area (Å²) in [6, 6.07) is 0. The molecule has 0 aliphatic rings. The third-order valence-corrected chi connectivity index (χ3v) is 3.17. The van der Waals surface area contributed by atoms with Gasteiger partial charge in [0.2, 0.25) is 10.0 Å². The summed E-state index contributed by atoms with van der Waals surface area (Å²) in [5.41, 5.74) is 1.69. The molecule has 0 aromatic carbocycles. The van der Waals surface area contributed by atoms with Crippen LogP contribution >= 0.6 is 11.6 Å². The van der Waals surface area contributed by atoms with Gasteiger partial charge in [-0.05, 0) is 31.9 Å². The Labute approximate surface area is 103 Å². The maximum Gasteiger partial charge on any atom is 0.213 e. The highest BCUT2D eigenvalue weighted by Crippen LogP contribution is 2.16. The van der Waals surface area contributed by atoms with Crippen LogP contribution in [0.15, 0.2) is 34.4 Å². The van der Waals surface area contributed by atoms with E-state index in [2.05, 4.69) is 0 Å². The summed E-state index contributed by atoms with van der Waals surface area (Å²) in [5.74, 6) is -0.238. The van der Waals surface area contributed by atoms with E-state index in [1.165, 1.54) is 5.57 Å². The topological polar surface area (TPSA) is 60.2 Å². The normalized spacial score (nSPS) is 15.4. The number of rotatable bonds is 5. The standard InChI is InChI=1S/C11H18ClNO2S/c1-4-9(3)6-7-11(12)10(5-2)8-16(13,14)15/h5-7H,4,8H2,1-3H3,(H2,13,14,15)/b9-6+,10-5-,11-7+. The Balaban J connectivity index is 4.88. The number of allylic oxidation sites excluding steroid dienone is 5. The van der Waals surface area contributed by atoms with E-state index in [0.29, 0.717) is 10.6 Å². The van der Waals surface area contributed by atoms with E-state index in [4.69, 9.17) is 16.7 Å². The molecule has 0 rings (SSSR count). The Morgan fingerprint density at radius 3 is 2.31 bits per heavy atom. The summed E-state index contributed by atoms with van der Waals surface area (Å²) in [6.07, 6.45) is 6.15. The van der Waals surface area contributed by atoms with E-state index < -0.39 is 10.0 Å². The molecule has 5 heteroatoms. The van der Waals surface area contributed by atoms with Gasteiger partial charge in [-0.3, -0.25) is 0 Å². The van der Waals surface area contributed by atoms with Crippen molar-refractivity contribution in [3.8, 4) is 0 Å². The van der Waals surface area contributed by atoms with Crippen molar-refractivity contribution >= 4 is 21.6 Å². The highest BCUT2D eigenvalue weighted by molar-refractivity contribution is 7.89. The number of nitrogens with two attached hydrogens (primary N) is 1. The fourth-order valence-electron chi connectivity index (χ4n) is 0.947. The molecular weight excluding hydrogens is 246 g/mol. The third kappa shape index (κ3) is 6.82. The molecule has 0 saturated heterocycles. The first-order valence-corrected chi connectivity index (χ1v) is 7.08. The number of halogens is 1. The highest BCUT2D eigenvalue weighted by atomic mass is 35.5. The van der Waals surface area contributed by atoms with E-state index in [1.54, 1.807) is 19.1 Å². The molecule has 92 valence electrons. The lowest BCUT2D eigenvalue weighted by atomic mass is 10.2. The maximum absolute atomic E-state index is 10.9. The molecule has 0 fully saturated rings. The summed E-state index contributed by atoms with van der Waals surface area (Å²) < 4.78 is 21.9. The monoisotopic (exact) mass is 263 g/mol. The minimum Gasteiger partial charge on any atom is -0.228 e. The van der Waals surface area contributed by atoms with Gasteiger partial charge in [-0.25, -0.2) is 13.6 Å². The lowest BCUT2D eigenvalue weighted by molar-refractivity contribution is 0.600. The fourth-order valence-corrected chi connectivity index (χ4v) is 2.02. The van der Waals surface area contributed by atoms with E-state index in [9.17, 15) is 8.42 Å². The van der Waals surface area contributed by atoms with Gasteiger partial charge in [0.25, 0.3) is 0 Å². The second-order valence-corrected chi connectivity index (χ2v) is 5.52.